The van der Waals surface area contributed by atoms with E-state index in [9.17, 15) is 0 Å². The summed E-state index contributed by atoms with van der Waals surface area (Å²) in [6.45, 7) is 0.523. The standard InChI is InChI=1S/C9H11N3/c10-5-4-8(7-11)9-3-1-2-6-12-9/h1-3,6,8H,4-5,10H2. The lowest BCUT2D eigenvalue weighted by Crippen LogP contribution is -2.06. The number of hydrogen-bond acceptors (Lipinski definition) is 3. The van der Waals surface area contributed by atoms with Gasteiger partial charge in [0.25, 0.3) is 0 Å². The van der Waals surface area contributed by atoms with Gasteiger partial charge in [-0.1, -0.05) is 6.07 Å². The van der Waals surface area contributed by atoms with E-state index in [-0.39, 0.29) is 5.92 Å². The smallest absolute Gasteiger partial charge is 0.0896 e. The molecule has 3 heteroatoms. The summed E-state index contributed by atoms with van der Waals surface area (Å²) < 4.78 is 0. The Morgan fingerprint density at radius 1 is 1.58 bits per heavy atom. The lowest BCUT2D eigenvalue weighted by Gasteiger charge is -2.04. The Labute approximate surface area is 71.8 Å². The maximum Gasteiger partial charge on any atom is 0.0896 e. The van der Waals surface area contributed by atoms with Crippen molar-refractivity contribution in [2.24, 2.45) is 5.73 Å². The van der Waals surface area contributed by atoms with Crippen LogP contribution in [0.5, 0.6) is 0 Å². The van der Waals surface area contributed by atoms with E-state index in [1.807, 2.05) is 18.2 Å². The third-order valence-electron chi connectivity index (χ3n) is 1.66. The Hall–Kier alpha value is -1.40. The van der Waals surface area contributed by atoms with E-state index >= 15 is 0 Å². The molecular formula is C9H11N3. The monoisotopic (exact) mass is 161 g/mol. The SMILES string of the molecule is N#CC(CCN)c1ccccn1. The maximum atomic E-state index is 8.77. The molecule has 1 rings (SSSR count). The minimum Gasteiger partial charge on any atom is -0.330 e. The van der Waals surface area contributed by atoms with E-state index < -0.39 is 0 Å². The van der Waals surface area contributed by atoms with Crippen LogP contribution in [0.3, 0.4) is 0 Å². The minimum atomic E-state index is -0.156. The van der Waals surface area contributed by atoms with Crippen LogP contribution in [-0.4, -0.2) is 11.5 Å². The van der Waals surface area contributed by atoms with Crippen LogP contribution in [0.1, 0.15) is 18.0 Å². The van der Waals surface area contributed by atoms with Gasteiger partial charge in [0.2, 0.25) is 0 Å². The summed E-state index contributed by atoms with van der Waals surface area (Å²) in [6, 6.07) is 7.74. The zero-order valence-corrected chi connectivity index (χ0v) is 6.77. The average Bonchev–Trinajstić information content (AvgIpc) is 2.15. The number of aromatic nitrogens is 1. The van der Waals surface area contributed by atoms with Gasteiger partial charge in [0.05, 0.1) is 17.7 Å². The molecule has 0 bridgehead atoms. The van der Waals surface area contributed by atoms with Gasteiger partial charge in [0, 0.05) is 6.20 Å². The number of nitrogens with two attached hydrogens (primary N) is 1. The zero-order chi connectivity index (χ0) is 8.81. The lowest BCUT2D eigenvalue weighted by atomic mass is 10.0. The number of hydrogen-bond donors (Lipinski definition) is 1. The van der Waals surface area contributed by atoms with Gasteiger partial charge in [0.15, 0.2) is 0 Å². The molecule has 0 aliphatic carbocycles. The van der Waals surface area contributed by atoms with E-state index in [0.717, 1.165) is 5.69 Å². The van der Waals surface area contributed by atoms with Crippen molar-refractivity contribution in [3.63, 3.8) is 0 Å². The molecule has 0 saturated heterocycles. The molecule has 1 aromatic rings. The first-order valence-corrected chi connectivity index (χ1v) is 3.89. The molecule has 62 valence electrons. The van der Waals surface area contributed by atoms with Crippen LogP contribution >= 0.6 is 0 Å². The van der Waals surface area contributed by atoms with Gasteiger partial charge in [-0.15, -0.1) is 0 Å². The Morgan fingerprint density at radius 2 is 2.42 bits per heavy atom. The molecule has 1 unspecified atom stereocenters. The Morgan fingerprint density at radius 3 is 2.92 bits per heavy atom. The van der Waals surface area contributed by atoms with Crippen LogP contribution in [0, 0.1) is 11.3 Å². The quantitative estimate of drug-likeness (QED) is 0.720. The molecule has 0 amide bonds. The van der Waals surface area contributed by atoms with Gasteiger partial charge in [-0.05, 0) is 25.1 Å². The highest BCUT2D eigenvalue weighted by molar-refractivity contribution is 5.16. The second-order valence-electron chi connectivity index (χ2n) is 2.51. The van der Waals surface area contributed by atoms with Crippen LogP contribution in [0.2, 0.25) is 0 Å². The predicted octanol–water partition coefficient (Wildman–Crippen LogP) is 1.04. The Kier molecular flexibility index (Phi) is 3.24. The zero-order valence-electron chi connectivity index (χ0n) is 6.77. The highest BCUT2D eigenvalue weighted by atomic mass is 14.7. The van der Waals surface area contributed by atoms with Crippen molar-refractivity contribution in [1.82, 2.24) is 4.98 Å². The third kappa shape index (κ3) is 2.04. The minimum absolute atomic E-state index is 0.156. The molecule has 3 nitrogen and oxygen atoms in total. The van der Waals surface area contributed by atoms with Gasteiger partial charge in [0.1, 0.15) is 0 Å². The van der Waals surface area contributed by atoms with Crippen molar-refractivity contribution >= 4 is 0 Å². The van der Waals surface area contributed by atoms with Gasteiger partial charge >= 0.3 is 0 Å². The summed E-state index contributed by atoms with van der Waals surface area (Å²) >= 11 is 0. The molecule has 0 spiro atoms. The predicted molar refractivity (Wildman–Crippen MR) is 46.3 cm³/mol. The molecule has 0 radical (unpaired) electrons. The molecule has 0 aromatic carbocycles. The van der Waals surface area contributed by atoms with Crippen molar-refractivity contribution in [2.75, 3.05) is 6.54 Å². The molecule has 1 atom stereocenters. The first-order valence-electron chi connectivity index (χ1n) is 3.89. The molecule has 2 N–H and O–H groups in total. The Bertz CT molecular complexity index is 263. The van der Waals surface area contributed by atoms with E-state index in [2.05, 4.69) is 11.1 Å². The first kappa shape index (κ1) is 8.69. The molecule has 0 aliphatic rings. The Balaban J connectivity index is 2.75. The number of rotatable bonds is 3. The molecule has 0 saturated carbocycles. The number of pyridine rings is 1. The summed E-state index contributed by atoms with van der Waals surface area (Å²) in [7, 11) is 0. The largest absolute Gasteiger partial charge is 0.330 e. The van der Waals surface area contributed by atoms with E-state index in [4.69, 9.17) is 11.0 Å². The summed E-state index contributed by atoms with van der Waals surface area (Å²) in [5, 5.41) is 8.77. The molecule has 0 fully saturated rings. The summed E-state index contributed by atoms with van der Waals surface area (Å²) in [5.74, 6) is -0.156. The average molecular weight is 161 g/mol. The fraction of sp³-hybridized carbons (Fsp3) is 0.333. The van der Waals surface area contributed by atoms with Gasteiger partial charge < -0.3 is 5.73 Å². The van der Waals surface area contributed by atoms with Crippen LogP contribution in [0.25, 0.3) is 0 Å². The van der Waals surface area contributed by atoms with Crippen molar-refractivity contribution in [3.05, 3.63) is 30.1 Å². The van der Waals surface area contributed by atoms with Crippen LogP contribution < -0.4 is 5.73 Å². The van der Waals surface area contributed by atoms with Crippen LogP contribution in [0.4, 0.5) is 0 Å². The van der Waals surface area contributed by atoms with Crippen molar-refractivity contribution < 1.29 is 0 Å². The molecule has 12 heavy (non-hydrogen) atoms. The highest BCUT2D eigenvalue weighted by Crippen LogP contribution is 2.14. The van der Waals surface area contributed by atoms with E-state index in [1.165, 1.54) is 0 Å². The first-order chi connectivity index (χ1) is 5.88. The number of nitriles is 1. The fourth-order valence-electron chi connectivity index (χ4n) is 1.03. The van der Waals surface area contributed by atoms with Crippen LogP contribution in [0.15, 0.2) is 24.4 Å². The lowest BCUT2D eigenvalue weighted by molar-refractivity contribution is 0.736. The van der Waals surface area contributed by atoms with Gasteiger partial charge in [-0.3, -0.25) is 4.98 Å². The van der Waals surface area contributed by atoms with Gasteiger partial charge in [-0.2, -0.15) is 5.26 Å². The summed E-state index contributed by atoms with van der Waals surface area (Å²) in [5.41, 5.74) is 6.17. The molecule has 1 heterocycles. The van der Waals surface area contributed by atoms with Crippen molar-refractivity contribution in [2.45, 2.75) is 12.3 Å². The van der Waals surface area contributed by atoms with E-state index in [1.54, 1.807) is 6.20 Å². The van der Waals surface area contributed by atoms with Crippen molar-refractivity contribution in [3.8, 4) is 6.07 Å². The summed E-state index contributed by atoms with van der Waals surface area (Å²) in [6.07, 6.45) is 2.36. The highest BCUT2D eigenvalue weighted by Gasteiger charge is 2.09. The van der Waals surface area contributed by atoms with Gasteiger partial charge in [-0.25, -0.2) is 0 Å². The second-order valence-corrected chi connectivity index (χ2v) is 2.51. The fourth-order valence-corrected chi connectivity index (χ4v) is 1.03. The van der Waals surface area contributed by atoms with E-state index in [0.29, 0.717) is 13.0 Å². The second kappa shape index (κ2) is 4.47. The summed E-state index contributed by atoms with van der Waals surface area (Å²) in [4.78, 5) is 4.09. The van der Waals surface area contributed by atoms with Crippen molar-refractivity contribution in [1.29, 1.82) is 5.26 Å². The number of nitrogens with zero attached hydrogens (tertiary/aromatic N) is 2. The normalized spacial score (nSPS) is 12.0. The topological polar surface area (TPSA) is 62.7 Å². The molecule has 1 aromatic heterocycles. The molecule has 0 aliphatic heterocycles. The molecular weight excluding hydrogens is 150 g/mol. The third-order valence-corrected chi connectivity index (χ3v) is 1.66. The van der Waals surface area contributed by atoms with Crippen LogP contribution in [-0.2, 0) is 0 Å². The maximum absolute atomic E-state index is 8.77.